The summed E-state index contributed by atoms with van der Waals surface area (Å²) in [6.07, 6.45) is 1.67. The molecule has 1 heterocycles. The molecule has 0 atom stereocenters. The van der Waals surface area contributed by atoms with Gasteiger partial charge < -0.3 is 0 Å². The molecule has 1 aromatic carbocycles. The van der Waals surface area contributed by atoms with Crippen molar-refractivity contribution in [2.24, 2.45) is 0 Å². The van der Waals surface area contributed by atoms with E-state index in [2.05, 4.69) is 11.1 Å². The molecule has 1 aromatic heterocycles. The van der Waals surface area contributed by atoms with Gasteiger partial charge in [-0.15, -0.1) is 0 Å². The number of rotatable bonds is 1. The fraction of sp³-hybridized carbons (Fsp3) is 0.0769. The summed E-state index contributed by atoms with van der Waals surface area (Å²) in [6.45, 7) is 1.99. The highest BCUT2D eigenvalue weighted by atomic mass is 14.7. The summed E-state index contributed by atoms with van der Waals surface area (Å²) >= 11 is 0. The summed E-state index contributed by atoms with van der Waals surface area (Å²) in [7, 11) is 0. The molecule has 0 unspecified atom stereocenters. The van der Waals surface area contributed by atoms with Gasteiger partial charge in [0, 0.05) is 11.8 Å². The lowest BCUT2D eigenvalue weighted by atomic mass is 10.00. The number of benzene rings is 1. The van der Waals surface area contributed by atoms with E-state index in [1.807, 2.05) is 43.3 Å². The van der Waals surface area contributed by atoms with Crippen LogP contribution in [0.4, 0.5) is 0 Å². The van der Waals surface area contributed by atoms with Gasteiger partial charge in [-0.2, -0.15) is 5.26 Å². The summed E-state index contributed by atoms with van der Waals surface area (Å²) < 4.78 is 0. The maximum absolute atomic E-state index is 8.99. The molecule has 0 fully saturated rings. The van der Waals surface area contributed by atoms with Crippen molar-refractivity contribution in [1.29, 1.82) is 5.26 Å². The van der Waals surface area contributed by atoms with E-state index in [0.717, 1.165) is 16.7 Å². The highest BCUT2D eigenvalue weighted by molar-refractivity contribution is 5.71. The molecule has 0 saturated carbocycles. The van der Waals surface area contributed by atoms with E-state index in [1.54, 1.807) is 6.20 Å². The van der Waals surface area contributed by atoms with Crippen LogP contribution in [0.15, 0.2) is 42.6 Å². The first-order valence-electron chi connectivity index (χ1n) is 4.74. The molecular weight excluding hydrogens is 184 g/mol. The molecule has 2 aromatic rings. The van der Waals surface area contributed by atoms with Gasteiger partial charge >= 0.3 is 0 Å². The van der Waals surface area contributed by atoms with Gasteiger partial charge in [0.1, 0.15) is 11.8 Å². The van der Waals surface area contributed by atoms with E-state index in [4.69, 9.17) is 5.26 Å². The predicted molar refractivity (Wildman–Crippen MR) is 59.1 cm³/mol. The maximum Gasteiger partial charge on any atom is 0.148 e. The quantitative estimate of drug-likeness (QED) is 0.699. The largest absolute Gasteiger partial charge is 0.245 e. The SMILES string of the molecule is Cc1ccnc(C#N)c1-c1ccccc1. The van der Waals surface area contributed by atoms with Crippen molar-refractivity contribution in [1.82, 2.24) is 4.98 Å². The summed E-state index contributed by atoms with van der Waals surface area (Å²) in [4.78, 5) is 4.07. The average Bonchev–Trinajstić information content (AvgIpc) is 2.29. The van der Waals surface area contributed by atoms with E-state index >= 15 is 0 Å². The molecule has 2 rings (SSSR count). The number of aryl methyl sites for hydroxylation is 1. The van der Waals surface area contributed by atoms with E-state index in [9.17, 15) is 0 Å². The molecular formula is C13H10N2. The third kappa shape index (κ3) is 1.72. The summed E-state index contributed by atoms with van der Waals surface area (Å²) in [6, 6.07) is 13.9. The number of aromatic nitrogens is 1. The van der Waals surface area contributed by atoms with Gasteiger partial charge in [0.15, 0.2) is 0 Å². The highest BCUT2D eigenvalue weighted by Gasteiger charge is 2.07. The van der Waals surface area contributed by atoms with Crippen molar-refractivity contribution < 1.29 is 0 Å². The molecule has 2 heteroatoms. The second-order valence-corrected chi connectivity index (χ2v) is 3.33. The number of pyridine rings is 1. The van der Waals surface area contributed by atoms with Gasteiger partial charge in [0.05, 0.1) is 0 Å². The van der Waals surface area contributed by atoms with E-state index in [1.165, 1.54) is 0 Å². The van der Waals surface area contributed by atoms with Gasteiger partial charge in [-0.3, -0.25) is 0 Å². The Labute approximate surface area is 88.8 Å². The van der Waals surface area contributed by atoms with Crippen LogP contribution in [0.5, 0.6) is 0 Å². The smallest absolute Gasteiger partial charge is 0.148 e. The first-order valence-corrected chi connectivity index (χ1v) is 4.74. The second kappa shape index (κ2) is 3.93. The lowest BCUT2D eigenvalue weighted by Gasteiger charge is -2.06. The molecule has 0 spiro atoms. The van der Waals surface area contributed by atoms with Crippen molar-refractivity contribution in [3.8, 4) is 17.2 Å². The van der Waals surface area contributed by atoms with Gasteiger partial charge in [-0.1, -0.05) is 30.3 Å². The monoisotopic (exact) mass is 194 g/mol. The fourth-order valence-electron chi connectivity index (χ4n) is 1.61. The molecule has 0 saturated heterocycles. The van der Waals surface area contributed by atoms with Crippen LogP contribution in [0.25, 0.3) is 11.1 Å². The molecule has 0 aliphatic carbocycles. The Bertz CT molecular complexity index is 510. The summed E-state index contributed by atoms with van der Waals surface area (Å²) in [5, 5.41) is 8.99. The van der Waals surface area contributed by atoms with E-state index < -0.39 is 0 Å². The zero-order chi connectivity index (χ0) is 10.7. The zero-order valence-corrected chi connectivity index (χ0v) is 8.44. The number of nitriles is 1. The predicted octanol–water partition coefficient (Wildman–Crippen LogP) is 2.93. The first-order chi connectivity index (χ1) is 7.33. The number of hydrogen-bond acceptors (Lipinski definition) is 2. The second-order valence-electron chi connectivity index (χ2n) is 3.33. The number of nitrogens with zero attached hydrogens (tertiary/aromatic N) is 2. The van der Waals surface area contributed by atoms with Crippen LogP contribution in [-0.4, -0.2) is 4.98 Å². The Hall–Kier alpha value is -2.14. The minimum absolute atomic E-state index is 0.487. The Balaban J connectivity index is 2.68. The van der Waals surface area contributed by atoms with E-state index in [0.29, 0.717) is 5.69 Å². The van der Waals surface area contributed by atoms with Gasteiger partial charge in [-0.25, -0.2) is 4.98 Å². The maximum atomic E-state index is 8.99. The van der Waals surface area contributed by atoms with Crippen LogP contribution in [0.1, 0.15) is 11.3 Å². The fourth-order valence-corrected chi connectivity index (χ4v) is 1.61. The third-order valence-corrected chi connectivity index (χ3v) is 2.33. The van der Waals surface area contributed by atoms with Crippen molar-refractivity contribution in [2.75, 3.05) is 0 Å². The van der Waals surface area contributed by atoms with Gasteiger partial charge in [0.25, 0.3) is 0 Å². The molecule has 0 bridgehead atoms. The van der Waals surface area contributed by atoms with Crippen LogP contribution in [0, 0.1) is 18.3 Å². The van der Waals surface area contributed by atoms with Crippen molar-refractivity contribution in [2.45, 2.75) is 6.92 Å². The standard InChI is InChI=1S/C13H10N2/c1-10-7-8-15-12(9-14)13(10)11-5-3-2-4-6-11/h2-8H,1H3. The average molecular weight is 194 g/mol. The topological polar surface area (TPSA) is 36.7 Å². The highest BCUT2D eigenvalue weighted by Crippen LogP contribution is 2.24. The molecule has 0 amide bonds. The number of hydrogen-bond donors (Lipinski definition) is 0. The molecule has 72 valence electrons. The zero-order valence-electron chi connectivity index (χ0n) is 8.44. The Morgan fingerprint density at radius 1 is 1.13 bits per heavy atom. The van der Waals surface area contributed by atoms with Crippen LogP contribution >= 0.6 is 0 Å². The lowest BCUT2D eigenvalue weighted by molar-refractivity contribution is 1.23. The molecule has 0 aliphatic heterocycles. The van der Waals surface area contributed by atoms with Gasteiger partial charge in [0.2, 0.25) is 0 Å². The summed E-state index contributed by atoms with van der Waals surface area (Å²) in [5.74, 6) is 0. The minimum Gasteiger partial charge on any atom is -0.245 e. The van der Waals surface area contributed by atoms with Crippen LogP contribution in [-0.2, 0) is 0 Å². The summed E-state index contributed by atoms with van der Waals surface area (Å²) in [5.41, 5.74) is 3.54. The van der Waals surface area contributed by atoms with Crippen molar-refractivity contribution in [3.63, 3.8) is 0 Å². The molecule has 0 N–H and O–H groups in total. The molecule has 2 nitrogen and oxygen atoms in total. The first kappa shape index (κ1) is 9.42. The Morgan fingerprint density at radius 2 is 1.87 bits per heavy atom. The van der Waals surface area contributed by atoms with Crippen molar-refractivity contribution >= 4 is 0 Å². The van der Waals surface area contributed by atoms with Crippen LogP contribution in [0.3, 0.4) is 0 Å². The molecule has 0 radical (unpaired) electrons. The van der Waals surface area contributed by atoms with E-state index in [-0.39, 0.29) is 0 Å². The third-order valence-electron chi connectivity index (χ3n) is 2.33. The Kier molecular flexibility index (Phi) is 2.47. The van der Waals surface area contributed by atoms with Crippen LogP contribution < -0.4 is 0 Å². The van der Waals surface area contributed by atoms with Crippen LogP contribution in [0.2, 0.25) is 0 Å². The minimum atomic E-state index is 0.487. The Morgan fingerprint density at radius 3 is 2.53 bits per heavy atom. The normalized spacial score (nSPS) is 9.60. The molecule has 0 aliphatic rings. The lowest BCUT2D eigenvalue weighted by Crippen LogP contribution is -1.91. The van der Waals surface area contributed by atoms with Gasteiger partial charge in [-0.05, 0) is 24.1 Å². The van der Waals surface area contributed by atoms with Crippen molar-refractivity contribution in [3.05, 3.63) is 53.9 Å². The molecule has 15 heavy (non-hydrogen) atoms.